The van der Waals surface area contributed by atoms with Gasteiger partial charge in [-0.15, -0.1) is 8.78 Å². The number of carbonyl (C=O) groups is 2. The molecule has 3 aromatic rings. The Hall–Kier alpha value is -3.75. The third kappa shape index (κ3) is 3.59. The number of nitrogens with one attached hydrogen (secondary N) is 1. The molecule has 1 amide bonds. The molecular formula is C23H17BF2N2O4. The van der Waals surface area contributed by atoms with E-state index in [1.165, 1.54) is 20.0 Å². The summed E-state index contributed by atoms with van der Waals surface area (Å²) in [7, 11) is 1.50. The van der Waals surface area contributed by atoms with E-state index in [1.54, 1.807) is 42.5 Å². The van der Waals surface area contributed by atoms with Crippen molar-refractivity contribution in [1.29, 1.82) is 0 Å². The van der Waals surface area contributed by atoms with E-state index in [0.29, 0.717) is 35.5 Å². The Morgan fingerprint density at radius 1 is 0.969 bits per heavy atom. The van der Waals surface area contributed by atoms with Crippen molar-refractivity contribution < 1.29 is 27.8 Å². The second-order valence-electron chi connectivity index (χ2n) is 7.91. The summed E-state index contributed by atoms with van der Waals surface area (Å²) >= 11 is 0. The van der Waals surface area contributed by atoms with E-state index in [-0.39, 0.29) is 23.1 Å². The van der Waals surface area contributed by atoms with Gasteiger partial charge in [0.2, 0.25) is 5.91 Å². The van der Waals surface area contributed by atoms with E-state index in [9.17, 15) is 18.4 Å². The summed E-state index contributed by atoms with van der Waals surface area (Å²) in [5.41, 5.74) is 1.81. The number of rotatable bonds is 5. The topological polar surface area (TPSA) is 77.5 Å². The lowest BCUT2D eigenvalue weighted by Gasteiger charge is -2.16. The van der Waals surface area contributed by atoms with Gasteiger partial charge in [-0.25, -0.2) is 4.98 Å². The molecule has 0 spiro atoms. The molecule has 1 N–H and O–H groups in total. The third-order valence-electron chi connectivity index (χ3n) is 5.72. The molecule has 2 heterocycles. The quantitative estimate of drug-likeness (QED) is 0.622. The minimum absolute atomic E-state index is 0.0208. The summed E-state index contributed by atoms with van der Waals surface area (Å²) in [5.74, 6) is -0.0257. The number of nitrogens with zero attached hydrogens (tertiary/aromatic N) is 1. The number of hydrogen-bond acceptors (Lipinski definition) is 5. The van der Waals surface area contributed by atoms with Crippen molar-refractivity contribution in [2.24, 2.45) is 0 Å². The second-order valence-corrected chi connectivity index (χ2v) is 7.91. The molecule has 1 aromatic heterocycles. The molecule has 5 rings (SSSR count). The maximum absolute atomic E-state index is 13.3. The molecule has 32 heavy (non-hydrogen) atoms. The molecule has 1 aliphatic carbocycles. The van der Waals surface area contributed by atoms with Gasteiger partial charge in [0.15, 0.2) is 19.3 Å². The van der Waals surface area contributed by atoms with Crippen LogP contribution >= 0.6 is 0 Å². The van der Waals surface area contributed by atoms with Gasteiger partial charge in [0.1, 0.15) is 11.5 Å². The molecule has 0 unspecified atom stereocenters. The average molecular weight is 434 g/mol. The van der Waals surface area contributed by atoms with E-state index in [0.717, 1.165) is 5.56 Å². The highest BCUT2D eigenvalue weighted by Gasteiger charge is 2.52. The molecule has 2 aromatic carbocycles. The highest BCUT2D eigenvalue weighted by Crippen LogP contribution is 2.52. The molecule has 9 heteroatoms. The summed E-state index contributed by atoms with van der Waals surface area (Å²) < 4.78 is 35.6. The van der Waals surface area contributed by atoms with Crippen molar-refractivity contribution in [3.8, 4) is 22.8 Å². The van der Waals surface area contributed by atoms with Crippen molar-refractivity contribution >= 4 is 25.3 Å². The van der Waals surface area contributed by atoms with Crippen molar-refractivity contribution in [2.75, 3.05) is 5.32 Å². The lowest BCUT2D eigenvalue weighted by atomic mass is 9.94. The molecule has 0 saturated heterocycles. The van der Waals surface area contributed by atoms with Crippen LogP contribution in [0, 0.1) is 0 Å². The van der Waals surface area contributed by atoms with Gasteiger partial charge in [-0.1, -0.05) is 36.4 Å². The Balaban J connectivity index is 1.36. The number of anilines is 1. The van der Waals surface area contributed by atoms with E-state index in [1.807, 2.05) is 6.07 Å². The molecule has 0 radical (unpaired) electrons. The number of aromatic nitrogens is 1. The van der Waals surface area contributed by atoms with Crippen LogP contribution in [0.3, 0.4) is 0 Å². The number of hydrogen-bond donors (Lipinski definition) is 1. The Bertz CT molecular complexity index is 1240. The van der Waals surface area contributed by atoms with Gasteiger partial charge < -0.3 is 19.6 Å². The Morgan fingerprint density at radius 2 is 1.69 bits per heavy atom. The maximum Gasteiger partial charge on any atom is 0.586 e. The molecular weight excluding hydrogens is 417 g/mol. The van der Waals surface area contributed by atoms with E-state index >= 15 is 0 Å². The lowest BCUT2D eigenvalue weighted by Crippen LogP contribution is -2.28. The fraction of sp³-hybridized carbons (Fsp3) is 0.174. The van der Waals surface area contributed by atoms with Gasteiger partial charge in [-0.3, -0.25) is 4.79 Å². The summed E-state index contributed by atoms with van der Waals surface area (Å²) in [6.45, 7) is 0. The minimum Gasteiger partial charge on any atom is -0.395 e. The monoisotopic (exact) mass is 434 g/mol. The lowest BCUT2D eigenvalue weighted by molar-refractivity contribution is -0.286. The van der Waals surface area contributed by atoms with Gasteiger partial charge in [-0.2, -0.15) is 0 Å². The number of ether oxygens (including phenoxy) is 2. The zero-order valence-electron chi connectivity index (χ0n) is 17.0. The Kier molecular flexibility index (Phi) is 4.51. The molecule has 6 nitrogen and oxygen atoms in total. The summed E-state index contributed by atoms with van der Waals surface area (Å²) in [6, 6.07) is 16.8. The summed E-state index contributed by atoms with van der Waals surface area (Å²) in [4.78, 5) is 29.1. The number of carbonyl (C=O) groups excluding carboxylic acids is 2. The Labute approximate surface area is 183 Å². The number of alkyl halides is 2. The van der Waals surface area contributed by atoms with Gasteiger partial charge >= 0.3 is 6.29 Å². The van der Waals surface area contributed by atoms with Crippen LogP contribution in [0.1, 0.15) is 28.8 Å². The highest BCUT2D eigenvalue weighted by molar-refractivity contribution is 6.62. The zero-order chi connectivity index (χ0) is 22.5. The molecule has 0 atom stereocenters. The number of benzene rings is 2. The standard InChI is InChI=1S/C23H17BF2N2O4/c24-20(29)14-6-4-13(5-7-14)16-2-1-3-19(27-16)28-21(30)22(10-11-22)15-8-9-17-18(12-15)32-23(25,26)31-17/h1-9,12H,10-11,24H2,(H,27,28,30). The van der Waals surface area contributed by atoms with Crippen molar-refractivity contribution in [3.63, 3.8) is 0 Å². The van der Waals surface area contributed by atoms with Crippen molar-refractivity contribution in [1.82, 2.24) is 4.98 Å². The van der Waals surface area contributed by atoms with Crippen LogP contribution in [0.25, 0.3) is 11.3 Å². The number of amides is 1. The fourth-order valence-corrected chi connectivity index (χ4v) is 3.80. The largest absolute Gasteiger partial charge is 0.586 e. The van der Waals surface area contributed by atoms with Crippen LogP contribution in [-0.4, -0.2) is 30.7 Å². The van der Waals surface area contributed by atoms with E-state index in [2.05, 4.69) is 19.8 Å². The molecule has 0 bridgehead atoms. The highest BCUT2D eigenvalue weighted by atomic mass is 19.3. The van der Waals surface area contributed by atoms with Crippen LogP contribution < -0.4 is 14.8 Å². The predicted octanol–water partition coefficient (Wildman–Crippen LogP) is 3.51. The summed E-state index contributed by atoms with van der Waals surface area (Å²) in [5, 5.41) is 2.84. The SMILES string of the molecule is BC(=O)c1ccc(-c2cccc(NC(=O)C3(c4ccc5c(c4)OC(F)(F)O5)CC3)n2)cc1. The second kappa shape index (κ2) is 7.15. The van der Waals surface area contributed by atoms with Gasteiger partial charge in [0, 0.05) is 11.1 Å². The number of halogens is 2. The Morgan fingerprint density at radius 3 is 2.38 bits per heavy atom. The summed E-state index contributed by atoms with van der Waals surface area (Å²) in [6.07, 6.45) is -2.53. The smallest absolute Gasteiger partial charge is 0.395 e. The van der Waals surface area contributed by atoms with Crippen LogP contribution in [0.4, 0.5) is 14.6 Å². The van der Waals surface area contributed by atoms with Crippen molar-refractivity contribution in [2.45, 2.75) is 24.6 Å². The fourth-order valence-electron chi connectivity index (χ4n) is 3.80. The first-order valence-corrected chi connectivity index (χ1v) is 10.1. The third-order valence-corrected chi connectivity index (χ3v) is 5.72. The van der Waals surface area contributed by atoms with Gasteiger partial charge in [0.05, 0.1) is 11.1 Å². The molecule has 1 saturated carbocycles. The van der Waals surface area contributed by atoms with Crippen LogP contribution in [0.15, 0.2) is 60.7 Å². The van der Waals surface area contributed by atoms with E-state index in [4.69, 9.17) is 0 Å². The van der Waals surface area contributed by atoms with Crippen molar-refractivity contribution in [3.05, 3.63) is 71.8 Å². The van der Waals surface area contributed by atoms with Gasteiger partial charge in [-0.05, 0) is 42.7 Å². The van der Waals surface area contributed by atoms with Gasteiger partial charge in [0.25, 0.3) is 0 Å². The average Bonchev–Trinajstić information content (AvgIpc) is 3.51. The number of fused-ring (bicyclic) bond motifs is 1. The predicted molar refractivity (Wildman–Crippen MR) is 115 cm³/mol. The zero-order valence-corrected chi connectivity index (χ0v) is 17.0. The normalized spacial score (nSPS) is 16.9. The minimum atomic E-state index is -3.70. The molecule has 1 fully saturated rings. The first kappa shape index (κ1) is 20.2. The van der Waals surface area contributed by atoms with Crippen LogP contribution in [0.5, 0.6) is 11.5 Å². The van der Waals surface area contributed by atoms with Crippen LogP contribution in [0.2, 0.25) is 0 Å². The van der Waals surface area contributed by atoms with E-state index < -0.39 is 11.7 Å². The van der Waals surface area contributed by atoms with Crippen LogP contribution in [-0.2, 0) is 10.2 Å². The maximum atomic E-state index is 13.3. The number of pyridine rings is 1. The first-order valence-electron chi connectivity index (χ1n) is 10.1. The molecule has 2 aliphatic rings. The first-order chi connectivity index (χ1) is 15.3. The molecule has 160 valence electrons. The molecule has 1 aliphatic heterocycles.